The molecule has 2 N–H and O–H groups in total. The smallest absolute Gasteiger partial charge is 0.326 e. The maximum absolute atomic E-state index is 11.7. The summed E-state index contributed by atoms with van der Waals surface area (Å²) in [4.78, 5) is 22.7. The van der Waals surface area contributed by atoms with E-state index in [1.807, 2.05) is 20.8 Å². The number of hydrogen-bond acceptors (Lipinski definition) is 2. The Balaban J connectivity index is 2.43. The van der Waals surface area contributed by atoms with Crippen LogP contribution in [0.5, 0.6) is 0 Å². The van der Waals surface area contributed by atoms with Crippen LogP contribution in [0.25, 0.3) is 0 Å². The van der Waals surface area contributed by atoms with Gasteiger partial charge in [0.2, 0.25) is 5.91 Å². The van der Waals surface area contributed by atoms with Crippen molar-refractivity contribution in [3.8, 4) is 0 Å². The van der Waals surface area contributed by atoms with Gasteiger partial charge in [0, 0.05) is 5.92 Å². The first kappa shape index (κ1) is 13.0. The Labute approximate surface area is 96.4 Å². The fraction of sp³-hybridized carbons (Fsp3) is 0.833. The average Bonchev–Trinajstić information content (AvgIpc) is 2.81. The van der Waals surface area contributed by atoms with Gasteiger partial charge in [-0.05, 0) is 18.3 Å². The third kappa shape index (κ3) is 3.22. The summed E-state index contributed by atoms with van der Waals surface area (Å²) in [5, 5.41) is 11.6. The number of carbonyl (C=O) groups is 2. The Hall–Kier alpha value is -1.06. The zero-order chi connectivity index (χ0) is 12.3. The number of nitrogens with one attached hydrogen (secondary N) is 1. The Morgan fingerprint density at radius 2 is 2.06 bits per heavy atom. The van der Waals surface area contributed by atoms with Gasteiger partial charge in [-0.3, -0.25) is 4.79 Å². The highest BCUT2D eigenvalue weighted by atomic mass is 16.4. The predicted octanol–water partition coefficient (Wildman–Crippen LogP) is 1.79. The van der Waals surface area contributed by atoms with Gasteiger partial charge in [0.15, 0.2) is 0 Å². The summed E-state index contributed by atoms with van der Waals surface area (Å²) in [7, 11) is 0. The largest absolute Gasteiger partial charge is 0.480 e. The van der Waals surface area contributed by atoms with Crippen molar-refractivity contribution in [2.75, 3.05) is 0 Å². The topological polar surface area (TPSA) is 66.4 Å². The minimum Gasteiger partial charge on any atom is -0.480 e. The Bertz CT molecular complexity index is 286. The summed E-state index contributed by atoms with van der Waals surface area (Å²) >= 11 is 0. The van der Waals surface area contributed by atoms with Crippen molar-refractivity contribution in [2.24, 2.45) is 11.3 Å². The second kappa shape index (κ2) is 4.85. The van der Waals surface area contributed by atoms with Crippen molar-refractivity contribution < 1.29 is 14.7 Å². The highest BCUT2D eigenvalue weighted by Gasteiger charge is 2.51. The summed E-state index contributed by atoms with van der Waals surface area (Å²) in [6, 6.07) is -0.719. The van der Waals surface area contributed by atoms with E-state index in [0.29, 0.717) is 6.42 Å². The van der Waals surface area contributed by atoms with Crippen molar-refractivity contribution in [1.82, 2.24) is 5.32 Å². The Morgan fingerprint density at radius 1 is 1.50 bits per heavy atom. The van der Waals surface area contributed by atoms with Gasteiger partial charge in [-0.15, -0.1) is 0 Å². The molecule has 0 saturated heterocycles. The number of carbonyl (C=O) groups excluding carboxylic acids is 1. The molecule has 0 unspecified atom stereocenters. The molecule has 2 atom stereocenters. The van der Waals surface area contributed by atoms with Crippen LogP contribution in [0.4, 0.5) is 0 Å². The molecule has 92 valence electrons. The molecule has 16 heavy (non-hydrogen) atoms. The van der Waals surface area contributed by atoms with E-state index >= 15 is 0 Å². The van der Waals surface area contributed by atoms with Crippen LogP contribution in [0.15, 0.2) is 0 Å². The Kier molecular flexibility index (Phi) is 3.94. The molecule has 0 aliphatic heterocycles. The van der Waals surface area contributed by atoms with Crippen LogP contribution in [0, 0.1) is 11.3 Å². The number of carboxylic acid groups (broad SMARTS) is 1. The number of aliphatic carboxylic acids is 1. The van der Waals surface area contributed by atoms with Crippen LogP contribution in [0.3, 0.4) is 0 Å². The average molecular weight is 227 g/mol. The third-order valence-corrected chi connectivity index (χ3v) is 3.29. The number of carboxylic acids is 1. The first-order valence-electron chi connectivity index (χ1n) is 5.91. The van der Waals surface area contributed by atoms with Crippen LogP contribution in [0.1, 0.15) is 46.5 Å². The van der Waals surface area contributed by atoms with E-state index < -0.39 is 12.0 Å². The summed E-state index contributed by atoms with van der Waals surface area (Å²) in [6.45, 7) is 6.06. The van der Waals surface area contributed by atoms with Crippen LogP contribution < -0.4 is 5.32 Å². The van der Waals surface area contributed by atoms with Crippen LogP contribution in [-0.4, -0.2) is 23.0 Å². The lowest BCUT2D eigenvalue weighted by Crippen LogP contribution is -2.42. The first-order valence-corrected chi connectivity index (χ1v) is 5.91. The van der Waals surface area contributed by atoms with Crippen molar-refractivity contribution in [3.05, 3.63) is 0 Å². The van der Waals surface area contributed by atoms with Crippen molar-refractivity contribution in [3.63, 3.8) is 0 Å². The normalized spacial score (nSPS) is 23.6. The van der Waals surface area contributed by atoms with E-state index in [2.05, 4.69) is 5.32 Å². The molecule has 0 spiro atoms. The van der Waals surface area contributed by atoms with Crippen molar-refractivity contribution in [2.45, 2.75) is 52.5 Å². The summed E-state index contributed by atoms with van der Waals surface area (Å²) < 4.78 is 0. The van der Waals surface area contributed by atoms with E-state index in [0.717, 1.165) is 19.3 Å². The minimum absolute atomic E-state index is 0.00373. The summed E-state index contributed by atoms with van der Waals surface area (Å²) in [5.41, 5.74) is 0.0535. The molecule has 1 rings (SSSR count). The van der Waals surface area contributed by atoms with Gasteiger partial charge in [-0.2, -0.15) is 0 Å². The van der Waals surface area contributed by atoms with E-state index in [1.165, 1.54) is 0 Å². The highest BCUT2D eigenvalue weighted by molar-refractivity contribution is 5.87. The molecule has 1 aliphatic carbocycles. The molecule has 0 bridgehead atoms. The molecule has 0 aromatic heterocycles. The maximum atomic E-state index is 11.7. The molecule has 0 radical (unpaired) electrons. The van der Waals surface area contributed by atoms with Crippen LogP contribution in [-0.2, 0) is 9.59 Å². The lowest BCUT2D eigenvalue weighted by Gasteiger charge is -2.14. The molecule has 1 saturated carbocycles. The van der Waals surface area contributed by atoms with Gasteiger partial charge < -0.3 is 10.4 Å². The molecular weight excluding hydrogens is 206 g/mol. The quantitative estimate of drug-likeness (QED) is 0.727. The van der Waals surface area contributed by atoms with Gasteiger partial charge in [-0.25, -0.2) is 4.79 Å². The lowest BCUT2D eigenvalue weighted by molar-refractivity contribution is -0.142. The first-order chi connectivity index (χ1) is 7.38. The number of amides is 1. The van der Waals surface area contributed by atoms with E-state index in [4.69, 9.17) is 5.11 Å². The number of rotatable bonds is 6. The highest BCUT2D eigenvalue weighted by Crippen LogP contribution is 2.51. The standard InChI is InChI=1S/C12H21NO3/c1-4-5-6-9(11(15)16)13-10(14)8-7-12(8,2)3/h8-9H,4-7H2,1-3H3,(H,13,14)(H,15,16)/t8-,9+/m1/s1. The molecule has 1 aliphatic rings. The molecule has 0 aromatic carbocycles. The van der Waals surface area contributed by atoms with Gasteiger partial charge in [-0.1, -0.05) is 33.6 Å². The molecule has 0 aromatic rings. The maximum Gasteiger partial charge on any atom is 0.326 e. The zero-order valence-electron chi connectivity index (χ0n) is 10.2. The summed E-state index contributed by atoms with van der Waals surface area (Å²) in [6.07, 6.45) is 3.14. The van der Waals surface area contributed by atoms with E-state index in [-0.39, 0.29) is 17.2 Å². The van der Waals surface area contributed by atoms with Gasteiger partial charge in [0.1, 0.15) is 6.04 Å². The van der Waals surface area contributed by atoms with E-state index in [1.54, 1.807) is 0 Å². The fourth-order valence-electron chi connectivity index (χ4n) is 1.85. The zero-order valence-corrected chi connectivity index (χ0v) is 10.2. The van der Waals surface area contributed by atoms with Gasteiger partial charge in [0.05, 0.1) is 0 Å². The Morgan fingerprint density at radius 3 is 2.44 bits per heavy atom. The molecular formula is C12H21NO3. The van der Waals surface area contributed by atoms with Gasteiger partial charge >= 0.3 is 5.97 Å². The predicted molar refractivity (Wildman–Crippen MR) is 61.0 cm³/mol. The molecule has 1 amide bonds. The third-order valence-electron chi connectivity index (χ3n) is 3.29. The molecule has 1 fully saturated rings. The van der Waals surface area contributed by atoms with E-state index in [9.17, 15) is 9.59 Å². The van der Waals surface area contributed by atoms with Crippen LogP contribution >= 0.6 is 0 Å². The lowest BCUT2D eigenvalue weighted by atomic mass is 10.1. The minimum atomic E-state index is -0.930. The molecule has 4 nitrogen and oxygen atoms in total. The second-order valence-electron chi connectivity index (χ2n) is 5.29. The summed E-state index contributed by atoms with van der Waals surface area (Å²) in [5.74, 6) is -1.04. The van der Waals surface area contributed by atoms with Crippen LogP contribution in [0.2, 0.25) is 0 Å². The van der Waals surface area contributed by atoms with Crippen molar-refractivity contribution in [1.29, 1.82) is 0 Å². The second-order valence-corrected chi connectivity index (χ2v) is 5.29. The number of hydrogen-bond donors (Lipinski definition) is 2. The monoisotopic (exact) mass is 227 g/mol. The fourth-order valence-corrected chi connectivity index (χ4v) is 1.85. The molecule has 4 heteroatoms. The number of unbranched alkanes of at least 4 members (excludes halogenated alkanes) is 1. The SMILES string of the molecule is CCCC[C@H](NC(=O)[C@H]1CC1(C)C)C(=O)O. The van der Waals surface area contributed by atoms with Crippen molar-refractivity contribution >= 4 is 11.9 Å². The van der Waals surface area contributed by atoms with Gasteiger partial charge in [0.25, 0.3) is 0 Å². The molecule has 0 heterocycles.